The first-order valence-corrected chi connectivity index (χ1v) is 13.6. The van der Waals surface area contributed by atoms with E-state index >= 15 is 0 Å². The van der Waals surface area contributed by atoms with E-state index in [-0.39, 0.29) is 0 Å². The quantitative estimate of drug-likeness (QED) is 0.273. The molecule has 0 atom stereocenters. The first-order valence-electron chi connectivity index (χ1n) is 13.6. The molecule has 0 fully saturated rings. The molecule has 0 aliphatic heterocycles. The fraction of sp³-hybridized carbons (Fsp3) is 0.351. The first kappa shape index (κ1) is 38.4. The monoisotopic (exact) mass is 500 g/mol. The highest BCUT2D eigenvalue weighted by Crippen LogP contribution is 2.29. The molecule has 0 aromatic heterocycles. The molecule has 0 heterocycles. The molecule has 0 bridgehead atoms. The zero-order chi connectivity index (χ0) is 29.4. The molecule has 204 valence electrons. The summed E-state index contributed by atoms with van der Waals surface area (Å²) in [5.74, 6) is 0. The van der Waals surface area contributed by atoms with Crippen LogP contribution in [0.2, 0.25) is 0 Å². The van der Waals surface area contributed by atoms with E-state index < -0.39 is 0 Å². The summed E-state index contributed by atoms with van der Waals surface area (Å²) in [7, 11) is 0. The van der Waals surface area contributed by atoms with Crippen molar-refractivity contribution < 1.29 is 0 Å². The highest BCUT2D eigenvalue weighted by atomic mass is 14.1. The van der Waals surface area contributed by atoms with Crippen LogP contribution in [-0.2, 0) is 0 Å². The molecule has 0 nitrogen and oxygen atoms in total. The molecule has 2 aromatic rings. The van der Waals surface area contributed by atoms with Gasteiger partial charge < -0.3 is 0 Å². The molecule has 0 aliphatic rings. The molecule has 0 aliphatic carbocycles. The number of hydrogen-bond acceptors (Lipinski definition) is 0. The summed E-state index contributed by atoms with van der Waals surface area (Å²) in [5, 5.41) is 0. The van der Waals surface area contributed by atoms with Crippen molar-refractivity contribution in [2.75, 3.05) is 0 Å². The maximum absolute atomic E-state index is 4.26. The molecule has 0 saturated heterocycles. The maximum Gasteiger partial charge on any atom is -0.0149 e. The standard InChI is InChI=1S/C22H28.C8H10.C3H8.C2H6.C2H4/c1-8-18(6)22(21-12-10-9-11-19(21)7)15-20(17(4)5)14-13-16(2)3;1-7-4-3-5-8(2)6-7;1-3-2;2*1-2/h9-15H,4,6,8H2,1-3,5,7H3;3-6H,1-2H3;3H2,1-2H3;1-2H3;1-2H2/b20-14-,22-15+;;;;. The Bertz CT molecular complexity index is 971. The topological polar surface area (TPSA) is 0 Å². The van der Waals surface area contributed by atoms with Gasteiger partial charge in [-0.2, -0.15) is 0 Å². The van der Waals surface area contributed by atoms with E-state index in [1.54, 1.807) is 0 Å². The third-order valence-corrected chi connectivity index (χ3v) is 4.81. The van der Waals surface area contributed by atoms with E-state index in [4.69, 9.17) is 0 Å². The van der Waals surface area contributed by atoms with Crippen LogP contribution in [0.25, 0.3) is 5.57 Å². The lowest BCUT2D eigenvalue weighted by molar-refractivity contribution is 1.09. The molecule has 37 heavy (non-hydrogen) atoms. The van der Waals surface area contributed by atoms with Crippen LogP contribution < -0.4 is 0 Å². The van der Waals surface area contributed by atoms with Crippen LogP contribution in [0.3, 0.4) is 0 Å². The number of aryl methyl sites for hydroxylation is 3. The summed E-state index contributed by atoms with van der Waals surface area (Å²) < 4.78 is 0. The van der Waals surface area contributed by atoms with Crippen LogP contribution in [0, 0.1) is 20.8 Å². The summed E-state index contributed by atoms with van der Waals surface area (Å²) in [6.45, 7) is 37.4. The van der Waals surface area contributed by atoms with Gasteiger partial charge in [-0.15, -0.1) is 13.2 Å². The van der Waals surface area contributed by atoms with Crippen molar-refractivity contribution in [2.45, 2.75) is 89.0 Å². The predicted octanol–water partition coefficient (Wildman–Crippen LogP) is 12.4. The fourth-order valence-electron chi connectivity index (χ4n) is 2.97. The summed E-state index contributed by atoms with van der Waals surface area (Å²) in [4.78, 5) is 0. The maximum atomic E-state index is 4.26. The fourth-order valence-corrected chi connectivity index (χ4v) is 2.97. The van der Waals surface area contributed by atoms with Crippen molar-refractivity contribution in [2.24, 2.45) is 0 Å². The van der Waals surface area contributed by atoms with Gasteiger partial charge >= 0.3 is 0 Å². The number of allylic oxidation sites excluding steroid dienone is 8. The Morgan fingerprint density at radius 2 is 1.24 bits per heavy atom. The molecule has 0 N–H and O–H groups in total. The number of rotatable bonds is 6. The van der Waals surface area contributed by atoms with Gasteiger partial charge in [0, 0.05) is 0 Å². The van der Waals surface area contributed by atoms with Gasteiger partial charge in [0.1, 0.15) is 0 Å². The van der Waals surface area contributed by atoms with E-state index in [0.717, 1.165) is 23.1 Å². The van der Waals surface area contributed by atoms with Crippen LogP contribution >= 0.6 is 0 Å². The van der Waals surface area contributed by atoms with Gasteiger partial charge in [0.05, 0.1) is 0 Å². The lowest BCUT2D eigenvalue weighted by Gasteiger charge is -2.14. The van der Waals surface area contributed by atoms with Crippen molar-refractivity contribution in [1.82, 2.24) is 0 Å². The van der Waals surface area contributed by atoms with Gasteiger partial charge in [0.15, 0.2) is 0 Å². The van der Waals surface area contributed by atoms with Crippen molar-refractivity contribution in [3.05, 3.63) is 138 Å². The lowest BCUT2D eigenvalue weighted by Crippen LogP contribution is -1.93. The van der Waals surface area contributed by atoms with Gasteiger partial charge in [-0.05, 0) is 81.9 Å². The SMILES string of the molecule is C=C.C=C(C)C(=C\C=C(C)C)/C=C(\C(=C)CC)c1ccccc1C.CC.CCC.Cc1cccc(C)c1. The van der Waals surface area contributed by atoms with Gasteiger partial charge in [-0.3, -0.25) is 0 Å². The van der Waals surface area contributed by atoms with E-state index in [9.17, 15) is 0 Å². The van der Waals surface area contributed by atoms with Crippen molar-refractivity contribution in [1.29, 1.82) is 0 Å². The Balaban J connectivity index is -0.000000632. The Morgan fingerprint density at radius 3 is 1.59 bits per heavy atom. The Kier molecular flexibility index (Phi) is 25.5. The molecule has 0 radical (unpaired) electrons. The van der Waals surface area contributed by atoms with Crippen LogP contribution in [0.4, 0.5) is 0 Å². The van der Waals surface area contributed by atoms with Crippen molar-refractivity contribution in [3.63, 3.8) is 0 Å². The Labute approximate surface area is 231 Å². The van der Waals surface area contributed by atoms with E-state index in [0.29, 0.717) is 0 Å². The largest absolute Gasteiger partial charge is 0.106 e. The van der Waals surface area contributed by atoms with Crippen molar-refractivity contribution in [3.8, 4) is 0 Å². The van der Waals surface area contributed by atoms with Crippen LogP contribution in [0.5, 0.6) is 0 Å². The second-order valence-electron chi connectivity index (χ2n) is 8.84. The Morgan fingerprint density at radius 1 is 0.757 bits per heavy atom. The minimum atomic E-state index is 0.937. The molecule has 2 aromatic carbocycles. The van der Waals surface area contributed by atoms with E-state index in [1.165, 1.54) is 39.8 Å². The second-order valence-corrected chi connectivity index (χ2v) is 8.84. The van der Waals surface area contributed by atoms with Crippen LogP contribution in [0.1, 0.15) is 90.5 Å². The summed E-state index contributed by atoms with van der Waals surface area (Å²) >= 11 is 0. The van der Waals surface area contributed by atoms with E-state index in [2.05, 4.69) is 148 Å². The van der Waals surface area contributed by atoms with Gasteiger partial charge in [0.2, 0.25) is 0 Å². The van der Waals surface area contributed by atoms with Gasteiger partial charge in [-0.25, -0.2) is 0 Å². The normalized spacial score (nSPS) is 9.92. The molecule has 0 amide bonds. The zero-order valence-electron chi connectivity index (χ0n) is 26.1. The summed E-state index contributed by atoms with van der Waals surface area (Å²) in [6.07, 6.45) is 8.67. The second kappa shape index (κ2) is 24.6. The highest BCUT2D eigenvalue weighted by Gasteiger charge is 2.08. The Hall–Kier alpha value is -3.12. The molecule has 0 spiro atoms. The first-order chi connectivity index (χ1) is 17.6. The summed E-state index contributed by atoms with van der Waals surface area (Å²) in [6, 6.07) is 16.9. The third kappa shape index (κ3) is 18.8. The summed E-state index contributed by atoms with van der Waals surface area (Å²) in [5.41, 5.74) is 11.0. The zero-order valence-corrected chi connectivity index (χ0v) is 26.1. The van der Waals surface area contributed by atoms with Crippen LogP contribution in [0.15, 0.2) is 115 Å². The molecular weight excluding hydrogens is 444 g/mol. The predicted molar refractivity (Wildman–Crippen MR) is 175 cm³/mol. The average Bonchev–Trinajstić information content (AvgIpc) is 2.87. The molecular formula is C37H56. The molecule has 0 heteroatoms. The molecule has 0 saturated carbocycles. The molecule has 2 rings (SSSR count). The number of hydrogen-bond donors (Lipinski definition) is 0. The van der Waals surface area contributed by atoms with Gasteiger partial charge in [0.25, 0.3) is 0 Å². The smallest absolute Gasteiger partial charge is 0.0149 e. The lowest BCUT2D eigenvalue weighted by atomic mass is 9.91. The van der Waals surface area contributed by atoms with E-state index in [1.807, 2.05) is 20.8 Å². The number of benzene rings is 2. The average molecular weight is 501 g/mol. The third-order valence-electron chi connectivity index (χ3n) is 4.81. The van der Waals surface area contributed by atoms with Crippen LogP contribution in [-0.4, -0.2) is 0 Å². The minimum Gasteiger partial charge on any atom is -0.106 e. The highest BCUT2D eigenvalue weighted by molar-refractivity contribution is 5.82. The molecule has 0 unspecified atom stereocenters. The van der Waals surface area contributed by atoms with Gasteiger partial charge in [-0.1, -0.05) is 137 Å². The van der Waals surface area contributed by atoms with Crippen molar-refractivity contribution >= 4 is 5.57 Å². The minimum absolute atomic E-state index is 0.937.